The minimum atomic E-state index is -0.196. The third-order valence-electron chi connectivity index (χ3n) is 6.36. The Balaban J connectivity index is 0.000000178. The van der Waals surface area contributed by atoms with Gasteiger partial charge in [0.1, 0.15) is 17.2 Å². The summed E-state index contributed by atoms with van der Waals surface area (Å²) in [6, 6.07) is 15.7. The van der Waals surface area contributed by atoms with Gasteiger partial charge in [0.15, 0.2) is 25.6 Å². The molecule has 0 saturated carbocycles. The zero-order valence-corrected chi connectivity index (χ0v) is 24.9. The first-order valence-corrected chi connectivity index (χ1v) is 13.2. The molecule has 1 atom stereocenters. The summed E-state index contributed by atoms with van der Waals surface area (Å²) in [5.74, 6) is 1.40. The monoisotopic (exact) mass is 625 g/mol. The fraction of sp³-hybridized carbons (Fsp3) is 0.233. The highest BCUT2D eigenvalue weighted by molar-refractivity contribution is 6.02. The van der Waals surface area contributed by atoms with Gasteiger partial charge in [0.25, 0.3) is 17.7 Å². The van der Waals surface area contributed by atoms with Crippen LogP contribution in [0.25, 0.3) is 0 Å². The summed E-state index contributed by atoms with van der Waals surface area (Å²) in [6.07, 6.45) is 0. The summed E-state index contributed by atoms with van der Waals surface area (Å²) in [5.41, 5.74) is 10.4. The third kappa shape index (κ3) is 8.46. The molecule has 14 heteroatoms. The van der Waals surface area contributed by atoms with E-state index in [1.54, 1.807) is 43.3 Å². The zero-order valence-electron chi connectivity index (χ0n) is 24.1. The van der Waals surface area contributed by atoms with Crippen LogP contribution in [0.2, 0.25) is 0 Å². The Labute approximate surface area is 259 Å². The van der Waals surface area contributed by atoms with E-state index in [0.717, 1.165) is 11.1 Å². The number of nitrogens with zero attached hydrogens (tertiary/aromatic N) is 1. The molecular formula is C30H32ClN5O8. The van der Waals surface area contributed by atoms with Gasteiger partial charge in [-0.25, -0.2) is 0 Å². The Kier molecular flexibility index (Phi) is 11.3. The summed E-state index contributed by atoms with van der Waals surface area (Å²) in [5, 5.41) is 19.8. The van der Waals surface area contributed by atoms with Crippen molar-refractivity contribution < 1.29 is 38.6 Å². The second-order valence-electron chi connectivity index (χ2n) is 9.72. The Morgan fingerprint density at radius 3 is 1.59 bits per heavy atom. The van der Waals surface area contributed by atoms with Crippen molar-refractivity contribution in [3.05, 3.63) is 71.3 Å². The van der Waals surface area contributed by atoms with Crippen molar-refractivity contribution in [2.24, 2.45) is 10.9 Å². The van der Waals surface area contributed by atoms with E-state index < -0.39 is 0 Å². The number of hydrogen-bond acceptors (Lipinski definition) is 10. The highest BCUT2D eigenvalue weighted by atomic mass is 35.5. The van der Waals surface area contributed by atoms with Gasteiger partial charge >= 0.3 is 0 Å². The number of carbonyl (C=O) groups excluding carboxylic acids is 4. The van der Waals surface area contributed by atoms with Crippen LogP contribution in [0.5, 0.6) is 17.2 Å². The van der Waals surface area contributed by atoms with Crippen LogP contribution < -0.4 is 35.9 Å². The average molecular weight is 626 g/mol. The lowest BCUT2D eigenvalue weighted by Crippen LogP contribution is -2.25. The molecule has 3 aromatic rings. The molecule has 0 aliphatic carbocycles. The summed E-state index contributed by atoms with van der Waals surface area (Å²) >= 11 is 0. The molecule has 0 radical (unpaired) electrons. The molecule has 3 amide bonds. The number of nitrogens with two attached hydrogens (primary N) is 1. The maximum atomic E-state index is 11.1. The van der Waals surface area contributed by atoms with Gasteiger partial charge in [-0.1, -0.05) is 11.2 Å². The van der Waals surface area contributed by atoms with Gasteiger partial charge in [-0.05, 0) is 74.9 Å². The predicted molar refractivity (Wildman–Crippen MR) is 166 cm³/mol. The van der Waals surface area contributed by atoms with Crippen molar-refractivity contribution in [2.45, 2.75) is 26.8 Å². The Morgan fingerprint density at radius 2 is 1.16 bits per heavy atom. The molecule has 44 heavy (non-hydrogen) atoms. The van der Waals surface area contributed by atoms with Crippen molar-refractivity contribution in [3.8, 4) is 17.2 Å². The van der Waals surface area contributed by atoms with E-state index in [0.29, 0.717) is 45.6 Å². The van der Waals surface area contributed by atoms with Crippen molar-refractivity contribution >= 4 is 58.7 Å². The number of hydrogen-bond donors (Lipinski definition) is 5. The molecule has 6 N–H and O–H groups in total. The van der Waals surface area contributed by atoms with E-state index in [9.17, 15) is 19.2 Å². The minimum Gasteiger partial charge on any atom is -0.482 e. The Bertz CT molecular complexity index is 1610. The van der Waals surface area contributed by atoms with Crippen LogP contribution in [0, 0.1) is 0 Å². The van der Waals surface area contributed by atoms with Crippen molar-refractivity contribution in [3.63, 3.8) is 0 Å². The SMILES string of the molecule is CC(=NO)c1ccc2c(c1)NC(=O)CO2.CC(=O)c1ccc2c(c1)NC(=O)CO2.CC(N)c1ccc2c(c1)NC(=O)CO2.Cl. The molecule has 6 rings (SSSR count). The number of halogens is 1. The van der Waals surface area contributed by atoms with Gasteiger partial charge in [0.2, 0.25) is 0 Å². The third-order valence-corrected chi connectivity index (χ3v) is 6.36. The van der Waals surface area contributed by atoms with E-state index in [1.165, 1.54) is 6.92 Å². The topological polar surface area (TPSA) is 191 Å². The van der Waals surface area contributed by atoms with E-state index in [-0.39, 0.29) is 61.8 Å². The number of anilines is 3. The summed E-state index contributed by atoms with van der Waals surface area (Å²) in [6.45, 7) is 5.21. The first-order valence-electron chi connectivity index (χ1n) is 13.2. The molecule has 0 spiro atoms. The quantitative estimate of drug-likeness (QED) is 0.124. The second-order valence-corrected chi connectivity index (χ2v) is 9.72. The maximum absolute atomic E-state index is 11.1. The number of ether oxygens (including phenoxy) is 3. The van der Waals surface area contributed by atoms with Crippen molar-refractivity contribution in [2.75, 3.05) is 35.8 Å². The zero-order chi connectivity index (χ0) is 31.1. The largest absolute Gasteiger partial charge is 0.482 e. The second kappa shape index (κ2) is 14.8. The minimum absolute atomic E-state index is 0. The fourth-order valence-electron chi connectivity index (χ4n) is 4.05. The van der Waals surface area contributed by atoms with Crippen LogP contribution in [-0.2, 0) is 14.4 Å². The molecule has 3 aliphatic heterocycles. The first kappa shape index (κ1) is 33.4. The molecule has 232 valence electrons. The summed E-state index contributed by atoms with van der Waals surface area (Å²) in [7, 11) is 0. The summed E-state index contributed by atoms with van der Waals surface area (Å²) in [4.78, 5) is 44.1. The molecule has 0 bridgehead atoms. The lowest BCUT2D eigenvalue weighted by atomic mass is 10.1. The molecule has 0 fully saturated rings. The number of oxime groups is 1. The average Bonchev–Trinajstić information content (AvgIpc) is 3.00. The van der Waals surface area contributed by atoms with Gasteiger partial charge in [-0.2, -0.15) is 0 Å². The standard InChI is InChI=1S/C10H10N2O3.C10H12N2O2.C10H9NO3.ClH/c1-6(12-14)7-2-3-9-8(4-7)11-10(13)5-15-9;1-6(11)7-2-3-9-8(4-7)12-10(13)5-14-9;1-6(12)7-2-3-9-8(4-7)11-10(13)5-14-9;/h2-4,14H,5H2,1H3,(H,11,13);2-4,6H,5,11H2,1H3,(H,12,13);2-4H,5H2,1H3,(H,11,13);1H. The number of Topliss-reactive ketones (excluding diaryl/α,β-unsaturated/α-hetero) is 1. The highest BCUT2D eigenvalue weighted by Gasteiger charge is 2.18. The lowest BCUT2D eigenvalue weighted by Gasteiger charge is -2.19. The number of rotatable bonds is 3. The molecule has 1 unspecified atom stereocenters. The van der Waals surface area contributed by atoms with Crippen LogP contribution in [0.3, 0.4) is 0 Å². The molecule has 3 aliphatic rings. The van der Waals surface area contributed by atoms with Crippen LogP contribution in [0.1, 0.15) is 48.3 Å². The van der Waals surface area contributed by atoms with E-state index in [1.807, 2.05) is 25.1 Å². The van der Waals surface area contributed by atoms with Crippen LogP contribution >= 0.6 is 12.4 Å². The van der Waals surface area contributed by atoms with E-state index >= 15 is 0 Å². The number of carbonyl (C=O) groups is 4. The number of fused-ring (bicyclic) bond motifs is 3. The Hall–Kier alpha value is -5.14. The summed E-state index contributed by atoms with van der Waals surface area (Å²) < 4.78 is 15.6. The van der Waals surface area contributed by atoms with Gasteiger partial charge in [-0.3, -0.25) is 19.2 Å². The van der Waals surface area contributed by atoms with E-state index in [4.69, 9.17) is 25.2 Å². The maximum Gasteiger partial charge on any atom is 0.262 e. The Morgan fingerprint density at radius 1 is 0.750 bits per heavy atom. The fourth-order valence-corrected chi connectivity index (χ4v) is 4.05. The normalized spacial score (nSPS) is 14.9. The molecule has 0 aromatic heterocycles. The molecule has 3 heterocycles. The van der Waals surface area contributed by atoms with Gasteiger partial charge in [0, 0.05) is 17.2 Å². The number of nitrogens with one attached hydrogen (secondary N) is 3. The molecule has 13 nitrogen and oxygen atoms in total. The molecule has 3 aromatic carbocycles. The van der Waals surface area contributed by atoms with Gasteiger partial charge in [0.05, 0.1) is 22.8 Å². The van der Waals surface area contributed by atoms with Crippen LogP contribution in [0.4, 0.5) is 17.1 Å². The smallest absolute Gasteiger partial charge is 0.262 e. The van der Waals surface area contributed by atoms with Crippen LogP contribution in [0.15, 0.2) is 59.8 Å². The lowest BCUT2D eigenvalue weighted by molar-refractivity contribution is -0.119. The van der Waals surface area contributed by atoms with E-state index in [2.05, 4.69) is 21.1 Å². The first-order chi connectivity index (χ1) is 20.5. The van der Waals surface area contributed by atoms with Crippen molar-refractivity contribution in [1.82, 2.24) is 0 Å². The predicted octanol–water partition coefficient (Wildman–Crippen LogP) is 3.89. The number of ketones is 1. The number of benzene rings is 3. The molecular weight excluding hydrogens is 594 g/mol. The highest BCUT2D eigenvalue weighted by Crippen LogP contribution is 2.31. The van der Waals surface area contributed by atoms with Gasteiger partial charge in [-0.15, -0.1) is 12.4 Å². The van der Waals surface area contributed by atoms with Crippen molar-refractivity contribution in [1.29, 1.82) is 0 Å². The molecule has 0 saturated heterocycles. The number of amides is 3. The van der Waals surface area contributed by atoms with Gasteiger partial charge < -0.3 is 41.1 Å². The van der Waals surface area contributed by atoms with Crippen LogP contribution in [-0.4, -0.2) is 54.2 Å².